The summed E-state index contributed by atoms with van der Waals surface area (Å²) in [5, 5.41) is 15.1. The second-order valence-electron chi connectivity index (χ2n) is 8.97. The van der Waals surface area contributed by atoms with Crippen molar-refractivity contribution >= 4 is 46.6 Å². The van der Waals surface area contributed by atoms with Crippen LogP contribution in [0.15, 0.2) is 72.8 Å². The fourth-order valence-corrected chi connectivity index (χ4v) is 4.73. The Kier molecular flexibility index (Phi) is 7.40. The number of hydrogen-bond acceptors (Lipinski definition) is 3. The Bertz CT molecular complexity index is 1270. The quantitative estimate of drug-likeness (QED) is 0.277. The van der Waals surface area contributed by atoms with Gasteiger partial charge in [0.05, 0.1) is 5.54 Å². The first kappa shape index (κ1) is 25.8. The molecule has 1 aliphatic heterocycles. The second-order valence-corrected chi connectivity index (χ2v) is 9.85. The summed E-state index contributed by atoms with van der Waals surface area (Å²) < 4.78 is 13.3. The maximum atomic E-state index is 13.7. The number of halogens is 3. The van der Waals surface area contributed by atoms with Gasteiger partial charge in [-0.15, -0.1) is 0 Å². The van der Waals surface area contributed by atoms with E-state index in [4.69, 9.17) is 23.2 Å². The van der Waals surface area contributed by atoms with E-state index < -0.39 is 23.8 Å². The average Bonchev–Trinajstić information content (AvgIpc) is 3.02. The third kappa shape index (κ3) is 5.26. The van der Waals surface area contributed by atoms with Crippen molar-refractivity contribution in [1.82, 2.24) is 9.96 Å². The molecular formula is C26H25Cl2FN4O3. The highest BCUT2D eigenvalue weighted by Gasteiger charge is 2.55. The van der Waals surface area contributed by atoms with Crippen molar-refractivity contribution in [3.05, 3.63) is 94.2 Å². The van der Waals surface area contributed by atoms with Gasteiger partial charge in [-0.3, -0.25) is 10.1 Å². The Morgan fingerprint density at radius 2 is 1.69 bits per heavy atom. The van der Waals surface area contributed by atoms with Crippen molar-refractivity contribution in [1.29, 1.82) is 0 Å². The maximum Gasteiger partial charge on any atom is 0.347 e. The number of benzene rings is 3. The zero-order valence-electron chi connectivity index (χ0n) is 19.7. The summed E-state index contributed by atoms with van der Waals surface area (Å²) in [6, 6.07) is 17.9. The van der Waals surface area contributed by atoms with Crippen molar-refractivity contribution in [2.75, 3.05) is 16.8 Å². The van der Waals surface area contributed by atoms with Gasteiger partial charge in [-0.2, -0.15) is 5.06 Å². The highest BCUT2D eigenvalue weighted by molar-refractivity contribution is 6.31. The van der Waals surface area contributed by atoms with Gasteiger partial charge in [0.1, 0.15) is 5.82 Å². The molecule has 1 saturated heterocycles. The molecule has 0 bridgehead atoms. The molecule has 36 heavy (non-hydrogen) atoms. The Balaban J connectivity index is 1.65. The first-order valence-electron chi connectivity index (χ1n) is 11.2. The average molecular weight is 531 g/mol. The third-order valence-electron chi connectivity index (χ3n) is 6.15. The van der Waals surface area contributed by atoms with Gasteiger partial charge in [0.2, 0.25) is 0 Å². The highest BCUT2D eigenvalue weighted by Crippen LogP contribution is 2.38. The molecule has 4 rings (SSSR count). The number of amides is 4. The fourth-order valence-electron chi connectivity index (χ4n) is 4.36. The number of nitrogens with zero attached hydrogens (tertiary/aromatic N) is 3. The van der Waals surface area contributed by atoms with E-state index in [9.17, 15) is 19.2 Å². The van der Waals surface area contributed by atoms with E-state index in [2.05, 4.69) is 5.32 Å². The molecule has 0 saturated carbocycles. The lowest BCUT2D eigenvalue weighted by Crippen LogP contribution is -2.58. The van der Waals surface area contributed by atoms with Gasteiger partial charge in [-0.05, 0) is 74.4 Å². The van der Waals surface area contributed by atoms with E-state index in [1.165, 1.54) is 17.0 Å². The van der Waals surface area contributed by atoms with E-state index in [1.54, 1.807) is 79.4 Å². The molecule has 0 spiro atoms. The van der Waals surface area contributed by atoms with Crippen LogP contribution in [0.2, 0.25) is 10.0 Å². The van der Waals surface area contributed by atoms with Crippen LogP contribution in [0.4, 0.5) is 25.4 Å². The number of hydrogen-bond donors (Lipinski definition) is 2. The van der Waals surface area contributed by atoms with Gasteiger partial charge in [-0.1, -0.05) is 47.5 Å². The molecule has 0 aromatic heterocycles. The minimum atomic E-state index is -1.10. The lowest BCUT2D eigenvalue weighted by molar-refractivity contribution is -0.0947. The van der Waals surface area contributed by atoms with Crippen LogP contribution in [0.25, 0.3) is 0 Å². The van der Waals surface area contributed by atoms with Crippen LogP contribution in [0.5, 0.6) is 0 Å². The minimum absolute atomic E-state index is 0.273. The number of anilines is 2. The van der Waals surface area contributed by atoms with Crippen LogP contribution in [-0.4, -0.2) is 45.5 Å². The van der Waals surface area contributed by atoms with Crippen LogP contribution < -0.4 is 10.2 Å². The van der Waals surface area contributed by atoms with Gasteiger partial charge in [0.15, 0.2) is 6.17 Å². The summed E-state index contributed by atoms with van der Waals surface area (Å²) in [7, 11) is 0. The highest BCUT2D eigenvalue weighted by atomic mass is 35.5. The standard InChI is InChI=1S/C26H25Cl2FN4O3/c1-26(2)23(33(36)24(34)30-21-7-3-5-18(27)15-21)32(22-8-4-6-19(28)16-22)25(35)31(26)14-13-17-9-11-20(29)12-10-17/h3-12,15-16,23,36H,13-14H2,1-2H3,(H,30,34)/t23-/m0/s1. The van der Waals surface area contributed by atoms with Gasteiger partial charge >= 0.3 is 12.1 Å². The molecule has 2 N–H and O–H groups in total. The van der Waals surface area contributed by atoms with E-state index in [1.807, 2.05) is 0 Å². The molecule has 1 atom stereocenters. The maximum absolute atomic E-state index is 13.7. The number of carbonyl (C=O) groups excluding carboxylic acids is 2. The summed E-state index contributed by atoms with van der Waals surface area (Å²) in [6.07, 6.45) is -0.651. The van der Waals surface area contributed by atoms with Gasteiger partial charge in [-0.25, -0.2) is 14.0 Å². The van der Waals surface area contributed by atoms with E-state index in [-0.39, 0.29) is 12.4 Å². The SMILES string of the molecule is CC1(C)[C@H](N(O)C(=O)Nc2cccc(Cl)c2)N(c2cccc(Cl)c2)C(=O)N1CCc1ccc(F)cc1. The smallest absolute Gasteiger partial charge is 0.315 e. The van der Waals surface area contributed by atoms with Gasteiger partial charge in [0, 0.05) is 28.0 Å². The minimum Gasteiger partial charge on any atom is -0.315 e. The molecular weight excluding hydrogens is 506 g/mol. The summed E-state index contributed by atoms with van der Waals surface area (Å²) >= 11 is 12.2. The normalized spacial score (nSPS) is 16.8. The third-order valence-corrected chi connectivity index (χ3v) is 6.62. The van der Waals surface area contributed by atoms with E-state index in [0.717, 1.165) is 5.56 Å². The molecule has 0 radical (unpaired) electrons. The molecule has 10 heteroatoms. The van der Waals surface area contributed by atoms with Crippen LogP contribution in [0.3, 0.4) is 0 Å². The first-order chi connectivity index (χ1) is 17.1. The summed E-state index contributed by atoms with van der Waals surface area (Å²) in [6.45, 7) is 3.80. The topological polar surface area (TPSA) is 76.1 Å². The molecule has 1 aliphatic rings. The summed E-state index contributed by atoms with van der Waals surface area (Å²) in [5.41, 5.74) is 0.623. The zero-order valence-corrected chi connectivity index (χ0v) is 21.2. The van der Waals surface area contributed by atoms with Gasteiger partial charge < -0.3 is 10.2 Å². The zero-order chi connectivity index (χ0) is 26.0. The Morgan fingerprint density at radius 3 is 2.33 bits per heavy atom. The van der Waals surface area contributed by atoms with Crippen LogP contribution in [-0.2, 0) is 6.42 Å². The van der Waals surface area contributed by atoms with E-state index >= 15 is 0 Å². The van der Waals surface area contributed by atoms with Crippen LogP contribution >= 0.6 is 23.2 Å². The molecule has 0 unspecified atom stereocenters. The van der Waals surface area contributed by atoms with Crippen molar-refractivity contribution in [3.63, 3.8) is 0 Å². The number of nitrogens with one attached hydrogen (secondary N) is 1. The lowest BCUT2D eigenvalue weighted by Gasteiger charge is -2.38. The number of rotatable bonds is 6. The molecule has 0 aliphatic carbocycles. The van der Waals surface area contributed by atoms with Gasteiger partial charge in [0.25, 0.3) is 0 Å². The predicted molar refractivity (Wildman–Crippen MR) is 138 cm³/mol. The summed E-state index contributed by atoms with van der Waals surface area (Å²) in [5.74, 6) is -0.342. The Morgan fingerprint density at radius 1 is 1.06 bits per heavy atom. The Hall–Kier alpha value is -3.33. The Labute approximate surface area is 218 Å². The lowest BCUT2D eigenvalue weighted by atomic mass is 9.99. The fraction of sp³-hybridized carbons (Fsp3) is 0.231. The van der Waals surface area contributed by atoms with Crippen molar-refractivity contribution in [2.24, 2.45) is 0 Å². The van der Waals surface area contributed by atoms with Crippen molar-refractivity contribution < 1.29 is 19.2 Å². The van der Waals surface area contributed by atoms with E-state index in [0.29, 0.717) is 32.9 Å². The molecule has 188 valence electrons. The molecule has 1 heterocycles. The van der Waals surface area contributed by atoms with Crippen LogP contribution in [0, 0.1) is 5.82 Å². The second kappa shape index (κ2) is 10.3. The predicted octanol–water partition coefficient (Wildman–Crippen LogP) is 6.65. The van der Waals surface area contributed by atoms with Crippen LogP contribution in [0.1, 0.15) is 19.4 Å². The monoisotopic (exact) mass is 530 g/mol. The molecule has 4 amide bonds. The number of carbonyl (C=O) groups is 2. The molecule has 1 fully saturated rings. The molecule has 7 nitrogen and oxygen atoms in total. The number of hydroxylamine groups is 2. The summed E-state index contributed by atoms with van der Waals surface area (Å²) in [4.78, 5) is 29.7. The first-order valence-corrected chi connectivity index (χ1v) is 12.0. The van der Waals surface area contributed by atoms with Crippen molar-refractivity contribution in [2.45, 2.75) is 32.0 Å². The molecule has 3 aromatic carbocycles. The molecule has 3 aromatic rings. The largest absolute Gasteiger partial charge is 0.347 e. The number of urea groups is 2. The van der Waals surface area contributed by atoms with Crippen molar-refractivity contribution in [3.8, 4) is 0 Å².